The van der Waals surface area contributed by atoms with Crippen molar-refractivity contribution in [1.29, 1.82) is 0 Å². The number of anilines is 1. The van der Waals surface area contributed by atoms with Crippen molar-refractivity contribution in [3.63, 3.8) is 0 Å². The fourth-order valence-electron chi connectivity index (χ4n) is 2.08. The van der Waals surface area contributed by atoms with Gasteiger partial charge in [0.2, 0.25) is 0 Å². The molecule has 5 heteroatoms. The van der Waals surface area contributed by atoms with Crippen LogP contribution in [0.4, 0.5) is 10.5 Å². The van der Waals surface area contributed by atoms with Gasteiger partial charge in [0.1, 0.15) is 0 Å². The molecular formula is C14H18IN3O. The number of piperazine rings is 1. The number of urea groups is 1. The van der Waals surface area contributed by atoms with Gasteiger partial charge in [-0.25, -0.2) is 4.79 Å². The molecule has 1 aromatic rings. The van der Waals surface area contributed by atoms with Gasteiger partial charge in [0.05, 0.1) is 0 Å². The zero-order chi connectivity index (χ0) is 13.7. The number of hydrogen-bond acceptors (Lipinski definition) is 2. The molecule has 1 heterocycles. The molecule has 0 unspecified atom stereocenters. The van der Waals surface area contributed by atoms with E-state index < -0.39 is 0 Å². The molecule has 1 aromatic carbocycles. The molecule has 2 rings (SSSR count). The normalized spacial score (nSPS) is 16.2. The lowest BCUT2D eigenvalue weighted by Gasteiger charge is -2.34. The second-order valence-corrected chi connectivity index (χ2v) is 5.76. The van der Waals surface area contributed by atoms with Crippen LogP contribution in [0.2, 0.25) is 0 Å². The maximum absolute atomic E-state index is 12.1. The molecule has 1 aliphatic rings. The Morgan fingerprint density at radius 3 is 2.74 bits per heavy atom. The molecule has 0 bridgehead atoms. The third-order valence-electron chi connectivity index (χ3n) is 3.12. The van der Waals surface area contributed by atoms with Crippen molar-refractivity contribution in [2.24, 2.45) is 0 Å². The number of hydrogen-bond donors (Lipinski definition) is 1. The molecule has 0 spiro atoms. The predicted molar refractivity (Wildman–Crippen MR) is 86.4 cm³/mol. The second kappa shape index (κ2) is 6.91. The van der Waals surface area contributed by atoms with Crippen molar-refractivity contribution in [2.45, 2.75) is 0 Å². The Balaban J connectivity index is 1.86. The van der Waals surface area contributed by atoms with Crippen LogP contribution in [0.25, 0.3) is 0 Å². The molecule has 1 saturated heterocycles. The summed E-state index contributed by atoms with van der Waals surface area (Å²) in [6, 6.07) is 7.81. The highest BCUT2D eigenvalue weighted by Gasteiger charge is 2.20. The molecule has 1 fully saturated rings. The van der Waals surface area contributed by atoms with Gasteiger partial charge in [-0.05, 0) is 40.8 Å². The summed E-state index contributed by atoms with van der Waals surface area (Å²) < 4.78 is 1.12. The van der Waals surface area contributed by atoms with E-state index in [0.717, 1.165) is 42.0 Å². The minimum atomic E-state index is -0.0137. The van der Waals surface area contributed by atoms with Gasteiger partial charge in [-0.2, -0.15) is 0 Å². The van der Waals surface area contributed by atoms with Gasteiger partial charge in [0.25, 0.3) is 0 Å². The number of nitrogens with one attached hydrogen (secondary N) is 1. The number of carbonyl (C=O) groups excluding carboxylic acids is 1. The van der Waals surface area contributed by atoms with Crippen molar-refractivity contribution in [2.75, 3.05) is 38.0 Å². The second-order valence-electron chi connectivity index (χ2n) is 4.52. The molecule has 0 radical (unpaired) electrons. The zero-order valence-electron chi connectivity index (χ0n) is 10.8. The summed E-state index contributed by atoms with van der Waals surface area (Å²) in [5.41, 5.74) is 0.852. The predicted octanol–water partition coefficient (Wildman–Crippen LogP) is 2.63. The Kier molecular flexibility index (Phi) is 5.21. The Bertz CT molecular complexity index is 456. The van der Waals surface area contributed by atoms with Crippen LogP contribution in [0.1, 0.15) is 0 Å². The van der Waals surface area contributed by atoms with Crippen molar-refractivity contribution >= 4 is 34.3 Å². The van der Waals surface area contributed by atoms with Gasteiger partial charge in [-0.1, -0.05) is 12.1 Å². The Morgan fingerprint density at radius 1 is 1.37 bits per heavy atom. The van der Waals surface area contributed by atoms with E-state index >= 15 is 0 Å². The van der Waals surface area contributed by atoms with Crippen LogP contribution in [0, 0.1) is 3.57 Å². The lowest BCUT2D eigenvalue weighted by Crippen LogP contribution is -2.49. The average molecular weight is 371 g/mol. The van der Waals surface area contributed by atoms with E-state index in [4.69, 9.17) is 0 Å². The van der Waals surface area contributed by atoms with Crippen LogP contribution in [0.3, 0.4) is 0 Å². The van der Waals surface area contributed by atoms with Crippen LogP contribution >= 0.6 is 22.6 Å². The number of carbonyl (C=O) groups is 1. The summed E-state index contributed by atoms with van der Waals surface area (Å²) in [6.07, 6.45) is 1.90. The Labute approximate surface area is 127 Å². The van der Waals surface area contributed by atoms with E-state index in [1.54, 1.807) is 0 Å². The number of benzene rings is 1. The van der Waals surface area contributed by atoms with Gasteiger partial charge in [-0.3, -0.25) is 4.90 Å². The average Bonchev–Trinajstić information content (AvgIpc) is 2.40. The first kappa shape index (κ1) is 14.3. The lowest BCUT2D eigenvalue weighted by atomic mass is 10.3. The minimum absolute atomic E-state index is 0.0137. The SMILES string of the molecule is C=CCN1CCN(C(=O)Nc2cccc(I)c2)CC1. The number of halogens is 1. The highest BCUT2D eigenvalue weighted by molar-refractivity contribution is 14.1. The van der Waals surface area contributed by atoms with E-state index in [2.05, 4.69) is 39.4 Å². The third-order valence-corrected chi connectivity index (χ3v) is 3.79. The summed E-state index contributed by atoms with van der Waals surface area (Å²) in [7, 11) is 0. The molecule has 2 amide bonds. The van der Waals surface area contributed by atoms with E-state index in [1.807, 2.05) is 35.2 Å². The molecule has 1 aliphatic heterocycles. The van der Waals surface area contributed by atoms with Gasteiger partial charge < -0.3 is 10.2 Å². The first-order chi connectivity index (χ1) is 9.19. The van der Waals surface area contributed by atoms with E-state index in [-0.39, 0.29) is 6.03 Å². The van der Waals surface area contributed by atoms with E-state index in [9.17, 15) is 4.79 Å². The Hall–Kier alpha value is -1.08. The van der Waals surface area contributed by atoms with Gasteiger partial charge >= 0.3 is 6.03 Å². The third kappa shape index (κ3) is 4.21. The fraction of sp³-hybridized carbons (Fsp3) is 0.357. The molecule has 0 atom stereocenters. The first-order valence-electron chi connectivity index (χ1n) is 6.34. The lowest BCUT2D eigenvalue weighted by molar-refractivity contribution is 0.156. The molecular weight excluding hydrogens is 353 g/mol. The smallest absolute Gasteiger partial charge is 0.321 e. The standard InChI is InChI=1S/C14H18IN3O/c1-2-6-17-7-9-18(10-8-17)14(19)16-13-5-3-4-12(15)11-13/h2-5,11H,1,6-10H2,(H,16,19). The highest BCUT2D eigenvalue weighted by Crippen LogP contribution is 2.13. The molecule has 0 saturated carbocycles. The Morgan fingerprint density at radius 2 is 2.11 bits per heavy atom. The summed E-state index contributed by atoms with van der Waals surface area (Å²) in [5, 5.41) is 2.94. The van der Waals surface area contributed by atoms with Crippen molar-refractivity contribution in [3.05, 3.63) is 40.5 Å². The van der Waals surface area contributed by atoms with Crippen LogP contribution < -0.4 is 5.32 Å². The van der Waals surface area contributed by atoms with Gasteiger partial charge in [-0.15, -0.1) is 6.58 Å². The summed E-state index contributed by atoms with van der Waals surface area (Å²) in [5.74, 6) is 0. The van der Waals surface area contributed by atoms with E-state index in [1.165, 1.54) is 0 Å². The van der Waals surface area contributed by atoms with Crippen molar-refractivity contribution < 1.29 is 4.79 Å². The monoisotopic (exact) mass is 371 g/mol. The summed E-state index contributed by atoms with van der Waals surface area (Å²) in [4.78, 5) is 16.3. The van der Waals surface area contributed by atoms with Gasteiger partial charge in [0.15, 0.2) is 0 Å². The zero-order valence-corrected chi connectivity index (χ0v) is 13.0. The summed E-state index contributed by atoms with van der Waals surface area (Å²) in [6.45, 7) is 7.98. The fourth-order valence-corrected chi connectivity index (χ4v) is 2.63. The minimum Gasteiger partial charge on any atom is -0.322 e. The van der Waals surface area contributed by atoms with Crippen LogP contribution in [0.5, 0.6) is 0 Å². The highest BCUT2D eigenvalue weighted by atomic mass is 127. The molecule has 102 valence electrons. The number of amides is 2. The van der Waals surface area contributed by atoms with E-state index in [0.29, 0.717) is 0 Å². The van der Waals surface area contributed by atoms with Crippen molar-refractivity contribution in [1.82, 2.24) is 9.80 Å². The maximum atomic E-state index is 12.1. The maximum Gasteiger partial charge on any atom is 0.321 e. The van der Waals surface area contributed by atoms with Crippen LogP contribution in [-0.4, -0.2) is 48.6 Å². The van der Waals surface area contributed by atoms with Crippen molar-refractivity contribution in [3.8, 4) is 0 Å². The molecule has 0 aromatic heterocycles. The molecule has 1 N–H and O–H groups in total. The topological polar surface area (TPSA) is 35.6 Å². The number of nitrogens with zero attached hydrogens (tertiary/aromatic N) is 2. The van der Waals surface area contributed by atoms with Crippen LogP contribution in [0.15, 0.2) is 36.9 Å². The summed E-state index contributed by atoms with van der Waals surface area (Å²) >= 11 is 2.24. The molecule has 4 nitrogen and oxygen atoms in total. The largest absolute Gasteiger partial charge is 0.322 e. The van der Waals surface area contributed by atoms with Crippen LogP contribution in [-0.2, 0) is 0 Å². The quantitative estimate of drug-likeness (QED) is 0.655. The molecule has 19 heavy (non-hydrogen) atoms. The van der Waals surface area contributed by atoms with Gasteiger partial charge in [0, 0.05) is 42.0 Å². The molecule has 0 aliphatic carbocycles. The number of rotatable bonds is 3. The first-order valence-corrected chi connectivity index (χ1v) is 7.41.